The van der Waals surface area contributed by atoms with Crippen LogP contribution in [0.1, 0.15) is 45.4 Å². The van der Waals surface area contributed by atoms with Gasteiger partial charge in [0.25, 0.3) is 0 Å². The minimum atomic E-state index is 0.0233. The second-order valence-electron chi connectivity index (χ2n) is 7.28. The average Bonchev–Trinajstić information content (AvgIpc) is 3.08. The van der Waals surface area contributed by atoms with E-state index in [-0.39, 0.29) is 17.9 Å². The third kappa shape index (κ3) is 3.45. The van der Waals surface area contributed by atoms with Gasteiger partial charge >= 0.3 is 0 Å². The Kier molecular flexibility index (Phi) is 5.01. The van der Waals surface area contributed by atoms with E-state index >= 15 is 0 Å². The van der Waals surface area contributed by atoms with Crippen LogP contribution in [-0.2, 0) is 9.59 Å². The number of hydrogen-bond acceptors (Lipinski definition) is 3. The van der Waals surface area contributed by atoms with Gasteiger partial charge in [0.15, 0.2) is 0 Å². The Hall–Kier alpha value is -1.10. The molecule has 3 rings (SSSR count). The standard InChI is InChI=1S/C17H29N3O2/c1-13-4-3-9-20(12-13)16(21)14-6-10-19(11-7-14)17(22)15-5-2-8-18-15/h13-15,18H,2-12H2,1H3. The summed E-state index contributed by atoms with van der Waals surface area (Å²) in [5, 5.41) is 3.28. The summed E-state index contributed by atoms with van der Waals surface area (Å²) in [6, 6.07) is 0.0233. The van der Waals surface area contributed by atoms with Crippen LogP contribution >= 0.6 is 0 Å². The summed E-state index contributed by atoms with van der Waals surface area (Å²) < 4.78 is 0. The number of carbonyl (C=O) groups is 2. The van der Waals surface area contributed by atoms with Crippen molar-refractivity contribution in [1.29, 1.82) is 0 Å². The molecule has 2 atom stereocenters. The lowest BCUT2D eigenvalue weighted by Crippen LogP contribution is -2.50. The number of likely N-dealkylation sites (tertiary alicyclic amines) is 2. The van der Waals surface area contributed by atoms with Gasteiger partial charge in [-0.1, -0.05) is 6.92 Å². The number of carbonyl (C=O) groups excluding carboxylic acids is 2. The highest BCUT2D eigenvalue weighted by atomic mass is 16.2. The Morgan fingerprint density at radius 2 is 1.68 bits per heavy atom. The zero-order chi connectivity index (χ0) is 15.5. The van der Waals surface area contributed by atoms with Crippen molar-refractivity contribution in [1.82, 2.24) is 15.1 Å². The van der Waals surface area contributed by atoms with Crippen LogP contribution in [-0.4, -0.2) is 60.4 Å². The Morgan fingerprint density at radius 3 is 2.32 bits per heavy atom. The number of nitrogens with zero attached hydrogens (tertiary/aromatic N) is 2. The molecule has 1 N–H and O–H groups in total. The summed E-state index contributed by atoms with van der Waals surface area (Å²) in [7, 11) is 0. The van der Waals surface area contributed by atoms with Crippen molar-refractivity contribution in [2.75, 3.05) is 32.7 Å². The van der Waals surface area contributed by atoms with Crippen molar-refractivity contribution in [3.8, 4) is 0 Å². The van der Waals surface area contributed by atoms with E-state index in [2.05, 4.69) is 17.1 Å². The van der Waals surface area contributed by atoms with Crippen molar-refractivity contribution in [3.63, 3.8) is 0 Å². The van der Waals surface area contributed by atoms with Gasteiger partial charge in [-0.3, -0.25) is 9.59 Å². The average molecular weight is 307 g/mol. The van der Waals surface area contributed by atoms with Crippen LogP contribution in [0, 0.1) is 11.8 Å². The first kappa shape index (κ1) is 15.8. The predicted octanol–water partition coefficient (Wildman–Crippen LogP) is 1.24. The molecule has 3 fully saturated rings. The van der Waals surface area contributed by atoms with Crippen LogP contribution in [0.5, 0.6) is 0 Å². The predicted molar refractivity (Wildman–Crippen MR) is 85.3 cm³/mol. The molecule has 2 unspecified atom stereocenters. The minimum Gasteiger partial charge on any atom is -0.342 e. The van der Waals surface area contributed by atoms with Gasteiger partial charge in [0.05, 0.1) is 6.04 Å². The van der Waals surface area contributed by atoms with Crippen LogP contribution < -0.4 is 5.32 Å². The van der Waals surface area contributed by atoms with Gasteiger partial charge in [-0.05, 0) is 51.0 Å². The lowest BCUT2D eigenvalue weighted by molar-refractivity contribution is -0.142. The first-order valence-electron chi connectivity index (χ1n) is 8.96. The zero-order valence-corrected chi connectivity index (χ0v) is 13.7. The van der Waals surface area contributed by atoms with Gasteiger partial charge in [0.1, 0.15) is 0 Å². The molecular formula is C17H29N3O2. The van der Waals surface area contributed by atoms with Crippen LogP contribution in [0.4, 0.5) is 0 Å². The molecule has 2 amide bonds. The first-order chi connectivity index (χ1) is 10.6. The molecule has 3 saturated heterocycles. The van der Waals surface area contributed by atoms with Crippen molar-refractivity contribution in [3.05, 3.63) is 0 Å². The summed E-state index contributed by atoms with van der Waals surface area (Å²) in [6.07, 6.45) is 6.11. The molecule has 0 aromatic rings. The molecule has 3 aliphatic heterocycles. The van der Waals surface area contributed by atoms with E-state index in [4.69, 9.17) is 0 Å². The summed E-state index contributed by atoms with van der Waals surface area (Å²) in [6.45, 7) is 6.53. The zero-order valence-electron chi connectivity index (χ0n) is 13.7. The summed E-state index contributed by atoms with van der Waals surface area (Å²) >= 11 is 0. The van der Waals surface area contributed by atoms with E-state index in [1.54, 1.807) is 0 Å². The molecule has 0 aromatic heterocycles. The Labute approximate surface area is 133 Å². The van der Waals surface area contributed by atoms with Crippen molar-refractivity contribution < 1.29 is 9.59 Å². The van der Waals surface area contributed by atoms with Crippen LogP contribution in [0.3, 0.4) is 0 Å². The Balaban J connectivity index is 1.48. The second-order valence-corrected chi connectivity index (χ2v) is 7.28. The maximum atomic E-state index is 12.6. The van der Waals surface area contributed by atoms with Gasteiger partial charge < -0.3 is 15.1 Å². The van der Waals surface area contributed by atoms with Gasteiger partial charge in [-0.2, -0.15) is 0 Å². The largest absolute Gasteiger partial charge is 0.342 e. The maximum absolute atomic E-state index is 12.6. The highest BCUT2D eigenvalue weighted by molar-refractivity contribution is 5.83. The normalized spacial score (nSPS) is 30.6. The second kappa shape index (κ2) is 6.99. The minimum absolute atomic E-state index is 0.0233. The molecule has 3 heterocycles. The number of piperidine rings is 2. The summed E-state index contributed by atoms with van der Waals surface area (Å²) in [5.74, 6) is 1.34. The first-order valence-corrected chi connectivity index (χ1v) is 8.96. The van der Waals surface area contributed by atoms with Gasteiger partial charge in [0.2, 0.25) is 11.8 Å². The van der Waals surface area contributed by atoms with Crippen LogP contribution in [0.25, 0.3) is 0 Å². The molecule has 5 nitrogen and oxygen atoms in total. The molecule has 124 valence electrons. The van der Waals surface area contributed by atoms with Crippen molar-refractivity contribution in [2.45, 2.75) is 51.5 Å². The number of amides is 2. The molecule has 0 saturated carbocycles. The van der Waals surface area contributed by atoms with Crippen LogP contribution in [0.2, 0.25) is 0 Å². The molecule has 0 bridgehead atoms. The van der Waals surface area contributed by atoms with Gasteiger partial charge in [0, 0.05) is 32.1 Å². The molecule has 3 aliphatic rings. The molecule has 5 heteroatoms. The maximum Gasteiger partial charge on any atom is 0.239 e. The monoisotopic (exact) mass is 307 g/mol. The SMILES string of the molecule is CC1CCCN(C(=O)C2CCN(C(=O)C3CCCN3)CC2)C1. The fourth-order valence-electron chi connectivity index (χ4n) is 4.11. The van der Waals surface area contributed by atoms with Crippen molar-refractivity contribution in [2.24, 2.45) is 11.8 Å². The summed E-state index contributed by atoms with van der Waals surface area (Å²) in [5.41, 5.74) is 0. The topological polar surface area (TPSA) is 52.7 Å². The van der Waals surface area contributed by atoms with E-state index in [1.165, 1.54) is 6.42 Å². The fraction of sp³-hybridized carbons (Fsp3) is 0.882. The Bertz CT molecular complexity index is 412. The highest BCUT2D eigenvalue weighted by Gasteiger charge is 2.34. The summed E-state index contributed by atoms with van der Waals surface area (Å²) in [4.78, 5) is 29.1. The molecule has 0 aromatic carbocycles. The highest BCUT2D eigenvalue weighted by Crippen LogP contribution is 2.24. The van der Waals surface area contributed by atoms with Gasteiger partial charge in [-0.15, -0.1) is 0 Å². The van der Waals surface area contributed by atoms with Crippen molar-refractivity contribution >= 4 is 11.8 Å². The Morgan fingerprint density at radius 1 is 0.909 bits per heavy atom. The van der Waals surface area contributed by atoms with E-state index < -0.39 is 0 Å². The molecule has 0 radical (unpaired) electrons. The molecule has 0 spiro atoms. The smallest absolute Gasteiger partial charge is 0.239 e. The lowest BCUT2D eigenvalue weighted by atomic mass is 9.92. The van der Waals surface area contributed by atoms with Gasteiger partial charge in [-0.25, -0.2) is 0 Å². The quantitative estimate of drug-likeness (QED) is 0.835. The van der Waals surface area contributed by atoms with E-state index in [9.17, 15) is 9.59 Å². The van der Waals surface area contributed by atoms with E-state index in [0.29, 0.717) is 11.8 Å². The molecule has 0 aliphatic carbocycles. The molecular weight excluding hydrogens is 278 g/mol. The number of hydrogen-bond donors (Lipinski definition) is 1. The fourth-order valence-corrected chi connectivity index (χ4v) is 4.11. The molecule has 22 heavy (non-hydrogen) atoms. The third-order valence-electron chi connectivity index (χ3n) is 5.48. The van der Waals surface area contributed by atoms with Crippen LogP contribution in [0.15, 0.2) is 0 Å². The van der Waals surface area contributed by atoms with E-state index in [0.717, 1.165) is 64.8 Å². The number of rotatable bonds is 2. The van der Waals surface area contributed by atoms with E-state index in [1.807, 2.05) is 4.90 Å². The third-order valence-corrected chi connectivity index (χ3v) is 5.48. The lowest BCUT2D eigenvalue weighted by Gasteiger charge is -2.37. The number of nitrogens with one attached hydrogen (secondary N) is 1.